The maximum atomic E-state index is 3.93. The number of rotatable bonds is 1. The zero-order chi connectivity index (χ0) is 17.0. The van der Waals surface area contributed by atoms with Crippen LogP contribution in [0.1, 0.15) is 45.3 Å². The SMILES string of the molecule is Cc1ccc(C)c2c1N[C@H](c1ccccc1)[C@@H]1Cc3ccccc3[C@H]21. The number of benzene rings is 3. The molecule has 5 rings (SSSR count). The van der Waals surface area contributed by atoms with Gasteiger partial charge in [0.25, 0.3) is 0 Å². The van der Waals surface area contributed by atoms with E-state index in [2.05, 4.69) is 85.9 Å². The summed E-state index contributed by atoms with van der Waals surface area (Å²) in [5, 5.41) is 3.93. The molecule has 1 nitrogen and oxygen atoms in total. The van der Waals surface area contributed by atoms with Crippen molar-refractivity contribution in [3.63, 3.8) is 0 Å². The van der Waals surface area contributed by atoms with Gasteiger partial charge in [0.15, 0.2) is 0 Å². The van der Waals surface area contributed by atoms with E-state index in [1.165, 1.54) is 39.1 Å². The molecule has 0 amide bonds. The molecule has 1 N–H and O–H groups in total. The second-order valence-corrected chi connectivity index (χ2v) is 7.57. The van der Waals surface area contributed by atoms with E-state index in [0.717, 1.165) is 6.42 Å². The third kappa shape index (κ3) is 2.15. The lowest BCUT2D eigenvalue weighted by Gasteiger charge is -2.39. The molecule has 124 valence electrons. The first-order chi connectivity index (χ1) is 12.2. The third-order valence-corrected chi connectivity index (χ3v) is 6.14. The van der Waals surface area contributed by atoms with Crippen LogP contribution in [-0.4, -0.2) is 0 Å². The Labute approximate surface area is 149 Å². The Morgan fingerprint density at radius 1 is 0.800 bits per heavy atom. The third-order valence-electron chi connectivity index (χ3n) is 6.14. The van der Waals surface area contributed by atoms with Gasteiger partial charge in [-0.05, 0) is 59.6 Å². The molecule has 0 spiro atoms. The lowest BCUT2D eigenvalue weighted by atomic mass is 9.73. The highest BCUT2D eigenvalue weighted by atomic mass is 15.0. The van der Waals surface area contributed by atoms with Crippen LogP contribution in [0.2, 0.25) is 0 Å². The molecule has 0 radical (unpaired) electrons. The van der Waals surface area contributed by atoms with Crippen molar-refractivity contribution in [2.45, 2.75) is 32.2 Å². The monoisotopic (exact) mass is 325 g/mol. The minimum Gasteiger partial charge on any atom is -0.377 e. The van der Waals surface area contributed by atoms with Crippen molar-refractivity contribution in [1.82, 2.24) is 0 Å². The molecule has 1 aliphatic carbocycles. The largest absolute Gasteiger partial charge is 0.377 e. The number of anilines is 1. The van der Waals surface area contributed by atoms with E-state index >= 15 is 0 Å². The zero-order valence-corrected chi connectivity index (χ0v) is 14.8. The minimum atomic E-state index is 0.367. The maximum Gasteiger partial charge on any atom is 0.0554 e. The fraction of sp³-hybridized carbons (Fsp3) is 0.250. The average Bonchev–Trinajstić information content (AvgIpc) is 3.04. The second kappa shape index (κ2) is 5.49. The Morgan fingerprint density at radius 2 is 1.52 bits per heavy atom. The van der Waals surface area contributed by atoms with Gasteiger partial charge in [0.05, 0.1) is 6.04 Å². The van der Waals surface area contributed by atoms with E-state index in [1.807, 2.05) is 0 Å². The molecule has 0 unspecified atom stereocenters. The molecule has 0 saturated heterocycles. The minimum absolute atomic E-state index is 0.367. The Bertz CT molecular complexity index is 942. The first kappa shape index (κ1) is 14.8. The Kier molecular flexibility index (Phi) is 3.24. The van der Waals surface area contributed by atoms with Crippen LogP contribution in [0.3, 0.4) is 0 Å². The van der Waals surface area contributed by atoms with Gasteiger partial charge in [-0.25, -0.2) is 0 Å². The average molecular weight is 325 g/mol. The summed E-state index contributed by atoms with van der Waals surface area (Å²) >= 11 is 0. The van der Waals surface area contributed by atoms with Crippen molar-refractivity contribution in [1.29, 1.82) is 0 Å². The van der Waals surface area contributed by atoms with E-state index in [1.54, 1.807) is 0 Å². The van der Waals surface area contributed by atoms with Gasteiger partial charge in [-0.2, -0.15) is 0 Å². The van der Waals surface area contributed by atoms with Crippen molar-refractivity contribution in [2.75, 3.05) is 5.32 Å². The highest BCUT2D eigenvalue weighted by Gasteiger charge is 2.44. The summed E-state index contributed by atoms with van der Waals surface area (Å²) in [7, 11) is 0. The lowest BCUT2D eigenvalue weighted by molar-refractivity contribution is 0.419. The standard InChI is InChI=1S/C24H23N/c1-15-12-13-16(2)23-21(15)22-19-11-7-6-10-18(19)14-20(22)24(25-23)17-8-4-3-5-9-17/h3-13,20,22,24-25H,14H2,1-2H3/t20-,22+,24-/m1/s1. The van der Waals surface area contributed by atoms with Gasteiger partial charge in [0, 0.05) is 11.6 Å². The van der Waals surface area contributed by atoms with Gasteiger partial charge < -0.3 is 5.32 Å². The summed E-state index contributed by atoms with van der Waals surface area (Å²) in [4.78, 5) is 0. The molecule has 3 atom stereocenters. The van der Waals surface area contributed by atoms with Gasteiger partial charge in [0.2, 0.25) is 0 Å². The molecule has 3 aromatic carbocycles. The smallest absolute Gasteiger partial charge is 0.0554 e. The molecule has 0 saturated carbocycles. The number of aryl methyl sites for hydroxylation is 2. The topological polar surface area (TPSA) is 12.0 Å². The first-order valence-electron chi connectivity index (χ1n) is 9.23. The molecule has 1 heterocycles. The number of hydrogen-bond acceptors (Lipinski definition) is 1. The van der Waals surface area contributed by atoms with Crippen molar-refractivity contribution >= 4 is 5.69 Å². The fourth-order valence-electron chi connectivity index (χ4n) is 4.98. The summed E-state index contributed by atoms with van der Waals surface area (Å²) in [6.07, 6.45) is 1.15. The summed E-state index contributed by atoms with van der Waals surface area (Å²) < 4.78 is 0. The van der Waals surface area contributed by atoms with Crippen LogP contribution in [0.25, 0.3) is 0 Å². The van der Waals surface area contributed by atoms with Gasteiger partial charge in [-0.3, -0.25) is 0 Å². The number of hydrogen-bond donors (Lipinski definition) is 1. The summed E-state index contributed by atoms with van der Waals surface area (Å²) in [5.74, 6) is 1.07. The van der Waals surface area contributed by atoms with Gasteiger partial charge in [-0.1, -0.05) is 66.7 Å². The van der Waals surface area contributed by atoms with Crippen LogP contribution in [0, 0.1) is 19.8 Å². The van der Waals surface area contributed by atoms with Crippen LogP contribution in [-0.2, 0) is 6.42 Å². The second-order valence-electron chi connectivity index (χ2n) is 7.57. The van der Waals surface area contributed by atoms with E-state index in [9.17, 15) is 0 Å². The van der Waals surface area contributed by atoms with Crippen LogP contribution in [0.15, 0.2) is 66.7 Å². The summed E-state index contributed by atoms with van der Waals surface area (Å²) in [6, 6.07) is 24.9. The maximum absolute atomic E-state index is 3.93. The van der Waals surface area contributed by atoms with Crippen molar-refractivity contribution < 1.29 is 0 Å². The van der Waals surface area contributed by atoms with Crippen molar-refractivity contribution in [3.05, 3.63) is 100 Å². The molecule has 0 bridgehead atoms. The van der Waals surface area contributed by atoms with Crippen LogP contribution in [0.5, 0.6) is 0 Å². The van der Waals surface area contributed by atoms with E-state index in [0.29, 0.717) is 17.9 Å². The molecule has 0 fully saturated rings. The Hall–Kier alpha value is -2.54. The fourth-order valence-corrected chi connectivity index (χ4v) is 4.98. The predicted octanol–water partition coefficient (Wildman–Crippen LogP) is 5.77. The summed E-state index contributed by atoms with van der Waals surface area (Å²) in [5.41, 5.74) is 10.1. The van der Waals surface area contributed by atoms with Gasteiger partial charge in [0.1, 0.15) is 0 Å². The molecular weight excluding hydrogens is 302 g/mol. The van der Waals surface area contributed by atoms with Crippen molar-refractivity contribution in [3.8, 4) is 0 Å². The van der Waals surface area contributed by atoms with Gasteiger partial charge in [-0.15, -0.1) is 0 Å². The van der Waals surface area contributed by atoms with Crippen LogP contribution in [0.4, 0.5) is 5.69 Å². The molecule has 1 heteroatoms. The van der Waals surface area contributed by atoms with E-state index in [-0.39, 0.29) is 0 Å². The number of fused-ring (bicyclic) bond motifs is 5. The van der Waals surface area contributed by atoms with E-state index in [4.69, 9.17) is 0 Å². The number of nitrogens with one attached hydrogen (secondary N) is 1. The predicted molar refractivity (Wildman–Crippen MR) is 104 cm³/mol. The van der Waals surface area contributed by atoms with Crippen LogP contribution >= 0.6 is 0 Å². The van der Waals surface area contributed by atoms with Gasteiger partial charge >= 0.3 is 0 Å². The lowest BCUT2D eigenvalue weighted by Crippen LogP contribution is -2.31. The molecule has 2 aliphatic rings. The van der Waals surface area contributed by atoms with Crippen LogP contribution < -0.4 is 5.32 Å². The quantitative estimate of drug-likeness (QED) is 0.598. The zero-order valence-electron chi connectivity index (χ0n) is 14.8. The molecule has 1 aliphatic heterocycles. The molecular formula is C24H23N. The first-order valence-corrected chi connectivity index (χ1v) is 9.23. The Balaban J connectivity index is 1.75. The normalized spacial score (nSPS) is 23.4. The highest BCUT2D eigenvalue weighted by Crippen LogP contribution is 2.55. The Morgan fingerprint density at radius 3 is 2.36 bits per heavy atom. The van der Waals surface area contributed by atoms with Crippen molar-refractivity contribution in [2.24, 2.45) is 5.92 Å². The molecule has 0 aromatic heterocycles. The van der Waals surface area contributed by atoms with E-state index < -0.39 is 0 Å². The molecule has 3 aromatic rings. The molecule has 25 heavy (non-hydrogen) atoms. The summed E-state index contributed by atoms with van der Waals surface area (Å²) in [6.45, 7) is 4.50. The highest BCUT2D eigenvalue weighted by molar-refractivity contribution is 5.68.